The van der Waals surface area contributed by atoms with Gasteiger partial charge in [0.1, 0.15) is 5.75 Å². The zero-order valence-electron chi connectivity index (χ0n) is 26.0. The molecule has 2 bridgehead atoms. The molecule has 51 heavy (non-hydrogen) atoms. The molecule has 2 aliphatic carbocycles. The van der Waals surface area contributed by atoms with Crippen molar-refractivity contribution in [2.75, 3.05) is 16.8 Å². The first kappa shape index (κ1) is 33.6. The van der Waals surface area contributed by atoms with E-state index in [2.05, 4.69) is 10.3 Å². The Balaban J connectivity index is 1.08. The molecule has 4 aliphatic rings. The fourth-order valence-corrected chi connectivity index (χ4v) is 11.4. The Labute approximate surface area is 293 Å². The van der Waals surface area contributed by atoms with Gasteiger partial charge in [-0.3, -0.25) is 19.2 Å². The number of aromatic nitrogens is 1. The highest BCUT2D eigenvalue weighted by Gasteiger charge is 2.70. The van der Waals surface area contributed by atoms with Gasteiger partial charge < -0.3 is 15.0 Å². The van der Waals surface area contributed by atoms with E-state index in [9.17, 15) is 45.5 Å². The van der Waals surface area contributed by atoms with Crippen LogP contribution in [0, 0.1) is 29.6 Å². The van der Waals surface area contributed by atoms with E-state index in [4.69, 9.17) is 4.74 Å². The third-order valence-corrected chi connectivity index (χ3v) is 12.9. The Kier molecular flexibility index (Phi) is 7.90. The quantitative estimate of drug-likeness (QED) is 0.160. The maximum Gasteiger partial charge on any atom is 0.418 e. The van der Waals surface area contributed by atoms with Crippen molar-refractivity contribution in [1.29, 1.82) is 0 Å². The van der Waals surface area contributed by atoms with Gasteiger partial charge >= 0.3 is 17.2 Å². The van der Waals surface area contributed by atoms with Gasteiger partial charge in [-0.2, -0.15) is 26.3 Å². The predicted molar refractivity (Wildman–Crippen MR) is 174 cm³/mol. The number of halogens is 6. The molecule has 0 spiro atoms. The van der Waals surface area contributed by atoms with E-state index in [0.717, 1.165) is 35.6 Å². The Hall–Kier alpha value is -4.57. The number of ether oxygens (including phenoxy) is 1. The molecule has 3 heterocycles. The number of anilines is 2. The molecule has 7 atom stereocenters. The summed E-state index contributed by atoms with van der Waals surface area (Å²) in [7, 11) is 0. The second kappa shape index (κ2) is 12.0. The van der Waals surface area contributed by atoms with Crippen LogP contribution >= 0.6 is 23.1 Å². The maximum absolute atomic E-state index is 14.0. The van der Waals surface area contributed by atoms with Crippen LogP contribution in [-0.4, -0.2) is 34.6 Å². The molecule has 0 radical (unpaired) electrons. The first-order valence-corrected chi connectivity index (χ1v) is 17.5. The third-order valence-electron chi connectivity index (χ3n) is 10.3. The molecule has 3 amide bonds. The average molecular weight is 746 g/mol. The van der Waals surface area contributed by atoms with Crippen LogP contribution in [0.1, 0.15) is 33.9 Å². The number of nitrogens with one attached hydrogen (secondary N) is 2. The summed E-state index contributed by atoms with van der Waals surface area (Å²) in [6, 6.07) is 15.8. The summed E-state index contributed by atoms with van der Waals surface area (Å²) in [6.45, 7) is -0.606. The van der Waals surface area contributed by atoms with E-state index in [-0.39, 0.29) is 33.6 Å². The first-order chi connectivity index (χ1) is 24.2. The van der Waals surface area contributed by atoms with Crippen LogP contribution in [0.25, 0.3) is 0 Å². The molecule has 2 saturated carbocycles. The summed E-state index contributed by atoms with van der Waals surface area (Å²) in [4.78, 5) is 57.1. The molecule has 0 unspecified atom stereocenters. The predicted octanol–water partition coefficient (Wildman–Crippen LogP) is 7.17. The van der Waals surface area contributed by atoms with Crippen LogP contribution < -0.4 is 19.8 Å². The second-order valence-corrected chi connectivity index (χ2v) is 15.1. The van der Waals surface area contributed by atoms with E-state index in [0.29, 0.717) is 26.8 Å². The lowest BCUT2D eigenvalue weighted by Gasteiger charge is -2.43. The van der Waals surface area contributed by atoms with Crippen LogP contribution in [0.15, 0.2) is 82.6 Å². The lowest BCUT2D eigenvalue weighted by atomic mass is 9.68. The molecule has 3 fully saturated rings. The molecule has 2 N–H and O–H groups in total. The number of alkyl halides is 6. The fraction of sp³-hybridized carbons (Fsp3) is 0.314. The molecule has 2 aliphatic heterocycles. The number of imide groups is 1. The second-order valence-electron chi connectivity index (χ2n) is 12.9. The highest BCUT2D eigenvalue weighted by Crippen LogP contribution is 2.69. The fourth-order valence-electron chi connectivity index (χ4n) is 8.51. The topological polar surface area (TPSA) is 109 Å². The normalized spacial score (nSPS) is 26.5. The van der Waals surface area contributed by atoms with E-state index in [1.807, 2.05) is 0 Å². The van der Waals surface area contributed by atoms with Crippen molar-refractivity contribution in [2.45, 2.75) is 35.0 Å². The van der Waals surface area contributed by atoms with E-state index in [1.54, 1.807) is 24.3 Å². The lowest BCUT2D eigenvalue weighted by molar-refractivity contribution is -0.138. The van der Waals surface area contributed by atoms with E-state index >= 15 is 0 Å². The number of nitrogens with zero attached hydrogens (tertiary/aromatic N) is 1. The minimum absolute atomic E-state index is 0.231. The summed E-state index contributed by atoms with van der Waals surface area (Å²) in [6.07, 6.45) is -8.96. The number of benzene rings is 3. The zero-order chi connectivity index (χ0) is 36.0. The lowest BCUT2D eigenvalue weighted by Crippen LogP contribution is -2.42. The number of carbonyl (C=O) groups is 3. The molecule has 4 aromatic rings. The monoisotopic (exact) mass is 745 g/mol. The number of aromatic amines is 1. The van der Waals surface area contributed by atoms with Crippen molar-refractivity contribution < 1.29 is 45.5 Å². The standard InChI is InChI=1S/C35H25F6N3O5S2/c36-34(37,38)19-8-1-3-10-21(19)42-23(45)14-49-16-7-5-6-15(12-16)24-25-17-13-18(28(25)50-30-29(24)51-33(48)43-30)27-26(17)31(46)44(32(27)47)22-11-4-2-9-20(22)35(39,40)41/h1-12,17-18,24-28H,13-14H2,(H,42,45)(H,43,48)/t17-,18-,24+,25-,26+,27+,28-/m1/s1. The number of thiazole rings is 1. The van der Waals surface area contributed by atoms with Gasteiger partial charge in [0.25, 0.3) is 5.91 Å². The molecule has 1 aromatic heterocycles. The number of para-hydroxylation sites is 2. The number of hydrogen-bond donors (Lipinski definition) is 2. The summed E-state index contributed by atoms with van der Waals surface area (Å²) in [5.74, 6) is -5.00. The zero-order valence-corrected chi connectivity index (χ0v) is 27.6. The number of H-pyrrole nitrogens is 1. The molecule has 8 nitrogen and oxygen atoms in total. The highest BCUT2D eigenvalue weighted by atomic mass is 32.2. The summed E-state index contributed by atoms with van der Waals surface area (Å²) >= 11 is 2.43. The van der Waals surface area contributed by atoms with E-state index in [1.165, 1.54) is 36.0 Å². The van der Waals surface area contributed by atoms with Gasteiger partial charge in [0.2, 0.25) is 11.8 Å². The number of thioether (sulfide) groups is 1. The van der Waals surface area contributed by atoms with Crippen molar-refractivity contribution in [3.8, 4) is 5.75 Å². The van der Waals surface area contributed by atoms with E-state index < -0.39 is 76.9 Å². The molecule has 1 saturated heterocycles. The summed E-state index contributed by atoms with van der Waals surface area (Å²) in [5, 5.41) is 2.61. The largest absolute Gasteiger partial charge is 0.484 e. The first-order valence-electron chi connectivity index (χ1n) is 15.8. The number of amides is 3. The van der Waals surface area contributed by atoms with Crippen molar-refractivity contribution in [3.05, 3.63) is 104 Å². The molecular formula is C35H25F6N3O5S2. The van der Waals surface area contributed by atoms with Gasteiger partial charge in [0, 0.05) is 16.0 Å². The molecule has 8 rings (SSSR count). The van der Waals surface area contributed by atoms with Gasteiger partial charge in [0.05, 0.1) is 39.4 Å². The van der Waals surface area contributed by atoms with Crippen LogP contribution in [0.2, 0.25) is 0 Å². The Morgan fingerprint density at radius 3 is 2.25 bits per heavy atom. The van der Waals surface area contributed by atoms with Crippen molar-refractivity contribution in [2.24, 2.45) is 29.6 Å². The number of hydrogen-bond acceptors (Lipinski definition) is 7. The Bertz CT molecular complexity index is 2150. The van der Waals surface area contributed by atoms with Gasteiger partial charge in [-0.15, -0.1) is 11.8 Å². The van der Waals surface area contributed by atoms with Gasteiger partial charge in [0.15, 0.2) is 6.61 Å². The number of carbonyl (C=O) groups excluding carboxylic acids is 3. The van der Waals surface area contributed by atoms with Crippen LogP contribution in [0.4, 0.5) is 37.7 Å². The van der Waals surface area contributed by atoms with Crippen LogP contribution in [-0.2, 0) is 26.7 Å². The van der Waals surface area contributed by atoms with Gasteiger partial charge in [-0.05, 0) is 66.1 Å². The SMILES string of the molecule is O=C(COc1cccc([C@@H]2c3sc(=O)[nH]c3S[C@@H]3[C@@H]4C[C@@H]([C@@H]5C(=O)N(c6ccccc6C(F)(F)F)C(=O)[C@@H]45)[C@H]23)c1)Nc1ccccc1C(F)(F)F. The highest BCUT2D eigenvalue weighted by molar-refractivity contribution is 8.00. The summed E-state index contributed by atoms with van der Waals surface area (Å²) in [5.41, 5.74) is -2.29. The molecular weight excluding hydrogens is 721 g/mol. The minimum atomic E-state index is -4.79. The van der Waals surface area contributed by atoms with Crippen molar-refractivity contribution >= 4 is 52.2 Å². The van der Waals surface area contributed by atoms with Crippen molar-refractivity contribution in [1.82, 2.24) is 4.98 Å². The Morgan fingerprint density at radius 2 is 1.53 bits per heavy atom. The molecule has 16 heteroatoms. The third kappa shape index (κ3) is 5.53. The maximum atomic E-state index is 14.0. The van der Waals surface area contributed by atoms with Crippen molar-refractivity contribution in [3.63, 3.8) is 0 Å². The van der Waals surface area contributed by atoms with Crippen LogP contribution in [0.3, 0.4) is 0 Å². The molecule has 264 valence electrons. The molecule has 3 aromatic carbocycles. The number of rotatable bonds is 6. The Morgan fingerprint density at radius 1 is 0.863 bits per heavy atom. The average Bonchev–Trinajstić information content (AvgIpc) is 3.82. The summed E-state index contributed by atoms with van der Waals surface area (Å²) < 4.78 is 87.9. The van der Waals surface area contributed by atoms with Gasteiger partial charge in [-0.1, -0.05) is 47.7 Å². The van der Waals surface area contributed by atoms with Gasteiger partial charge in [-0.25, -0.2) is 4.90 Å². The minimum Gasteiger partial charge on any atom is -0.484 e. The van der Waals surface area contributed by atoms with Crippen LogP contribution in [0.5, 0.6) is 5.75 Å². The smallest absolute Gasteiger partial charge is 0.418 e. The number of fused-ring (bicyclic) bond motifs is 9.